The summed E-state index contributed by atoms with van der Waals surface area (Å²) in [5.41, 5.74) is 0. The first kappa shape index (κ1) is 82.9. The van der Waals surface area contributed by atoms with Crippen molar-refractivity contribution in [3.63, 3.8) is 0 Å². The van der Waals surface area contributed by atoms with Gasteiger partial charge in [0.2, 0.25) is 0 Å². The molecule has 0 radical (unpaired) electrons. The molecule has 0 aromatic carbocycles. The molecule has 26 heavy (non-hydrogen) atoms. The van der Waals surface area contributed by atoms with Crippen molar-refractivity contribution in [1.82, 2.24) is 0 Å². The monoisotopic (exact) mass is 410 g/mol. The fourth-order valence-electron chi connectivity index (χ4n) is 0. The summed E-state index contributed by atoms with van der Waals surface area (Å²) in [6, 6.07) is 0. The molecule has 0 aromatic rings. The fourth-order valence-corrected chi connectivity index (χ4v) is 0. The van der Waals surface area contributed by atoms with Gasteiger partial charge in [0.1, 0.15) is 0 Å². The Morgan fingerprint density at radius 2 is 0.154 bits per heavy atom. The summed E-state index contributed by atoms with van der Waals surface area (Å²) in [5, 5.41) is 0. The Bertz CT molecular complexity index is 24.6. The minimum Gasteiger partial charge on any atom is -0.0683 e. The highest BCUT2D eigenvalue weighted by atomic mass is 13.0. The van der Waals surface area contributed by atoms with Crippen LogP contribution in [0.4, 0.5) is 0 Å². The Hall–Kier alpha value is 0. The molecule has 0 heterocycles. The van der Waals surface area contributed by atoms with Crippen molar-refractivity contribution in [3.05, 3.63) is 0 Å². The standard InChI is InChI=1S/13C2H6.6H2/c13*1-2;;;;;;/h13*1-2H3;6*1H/i;;;;;;;;;;;;;1+1D;5*1+1. The van der Waals surface area contributed by atoms with Crippen molar-refractivity contribution in [1.29, 1.82) is 0 Å². The molecule has 0 bridgehead atoms. The lowest BCUT2D eigenvalue weighted by atomic mass is 11.0. The minimum absolute atomic E-state index is 0. The van der Waals surface area contributed by atoms with E-state index in [2.05, 4.69) is 0 Å². The third-order valence-electron chi connectivity index (χ3n) is 0. The van der Waals surface area contributed by atoms with Crippen molar-refractivity contribution in [2.45, 2.75) is 180 Å². The first-order valence-corrected chi connectivity index (χ1v) is 13.0. The van der Waals surface area contributed by atoms with E-state index in [0.29, 0.717) is 0 Å². The average molecular weight is 410 g/mol. The zero-order chi connectivity index (χ0) is 28.0. The van der Waals surface area contributed by atoms with Gasteiger partial charge in [-0.1, -0.05) is 180 Å². The van der Waals surface area contributed by atoms with Crippen LogP contribution >= 0.6 is 0 Å². The molecule has 0 saturated carbocycles. The Labute approximate surface area is 190 Å². The van der Waals surface area contributed by atoms with E-state index >= 15 is 0 Å². The summed E-state index contributed by atoms with van der Waals surface area (Å²) in [7, 11) is 0. The molecule has 0 spiro atoms. The van der Waals surface area contributed by atoms with Crippen LogP contribution in [0.5, 0.6) is 0 Å². The fraction of sp³-hybridized carbons (Fsp3) is 1.00. The molecule has 0 saturated heterocycles. The lowest BCUT2D eigenvalue weighted by Gasteiger charge is -1.07. The van der Waals surface area contributed by atoms with Gasteiger partial charge in [-0.05, 0) is 0 Å². The summed E-state index contributed by atoms with van der Waals surface area (Å²) in [4.78, 5) is 0. The first-order chi connectivity index (χ1) is 14.0. The molecule has 0 fully saturated rings. The Morgan fingerprint density at radius 3 is 0.154 bits per heavy atom. The van der Waals surface area contributed by atoms with E-state index in [1.54, 1.807) is 0 Å². The Morgan fingerprint density at radius 1 is 0.154 bits per heavy atom. The van der Waals surface area contributed by atoms with E-state index < -0.39 is 0 Å². The van der Waals surface area contributed by atoms with Crippen molar-refractivity contribution in [2.24, 2.45) is 0 Å². The molecule has 0 aliphatic rings. The maximum Gasteiger partial charge on any atom is 0 e. The number of rotatable bonds is 0. The maximum atomic E-state index is 5.00. The number of hydrogen-bond donors (Lipinski definition) is 0. The van der Waals surface area contributed by atoms with Gasteiger partial charge in [0.05, 0.1) is 0 Å². The van der Waals surface area contributed by atoms with Gasteiger partial charge in [-0.15, -0.1) is 0 Å². The molecule has 0 N–H and O–H groups in total. The quantitative estimate of drug-likeness (QED) is 0.373. The molecule has 0 atom stereocenters. The molecule has 0 nitrogen and oxygen atoms in total. The van der Waals surface area contributed by atoms with Gasteiger partial charge in [0, 0.05) is 10.1 Å². The van der Waals surface area contributed by atoms with Gasteiger partial charge in [-0.25, -0.2) is 0 Å². The second kappa shape index (κ2) is 0. The van der Waals surface area contributed by atoms with Crippen LogP contribution in [0.2, 0.25) is 0 Å². The summed E-state index contributed by atoms with van der Waals surface area (Å²) < 4.78 is 10.0. The molecule has 0 unspecified atom stereocenters. The maximum absolute atomic E-state index is 5.00. The van der Waals surface area contributed by atoms with E-state index in [0.717, 1.165) is 0 Å². The largest absolute Gasteiger partial charge is 0.0683 e. The molecule has 0 amide bonds. The SMILES string of the molecule is CC.CC.CC.CC.CC.CC.CC.CC.CC.CC.CC.CC.CC.[2HH].[2HH].[2HH].[2HH].[2HH].[2H][2H]. The molecule has 0 rings (SSSR count). The minimum atomic E-state index is 0. The van der Waals surface area contributed by atoms with E-state index in [4.69, 9.17) is 2.97 Å². The van der Waals surface area contributed by atoms with Crippen LogP contribution in [0.3, 0.4) is 0 Å². The van der Waals surface area contributed by atoms with Crippen LogP contribution in [0, 0.1) is 0 Å². The molecular weight excluding hydrogens is 312 g/mol. The second-order valence-corrected chi connectivity index (χ2v) is 0. The molecular formula is C26H90. The van der Waals surface area contributed by atoms with Gasteiger partial charge in [0.25, 0.3) is 0 Å². The smallest absolute Gasteiger partial charge is 0 e. The molecule has 0 heteroatoms. The van der Waals surface area contributed by atoms with Crippen molar-refractivity contribution >= 4 is 0 Å². The highest BCUT2D eigenvalue weighted by Crippen LogP contribution is 1.17. The first-order valence-electron chi connectivity index (χ1n) is 14.0. The van der Waals surface area contributed by atoms with Gasteiger partial charge in [0.15, 0.2) is 0 Å². The predicted molar refractivity (Wildman–Crippen MR) is 160 cm³/mol. The van der Waals surface area contributed by atoms with E-state index in [-0.39, 0.29) is 7.13 Å². The van der Waals surface area contributed by atoms with Crippen molar-refractivity contribution < 1.29 is 10.1 Å². The van der Waals surface area contributed by atoms with Crippen LogP contribution in [-0.2, 0) is 0 Å². The lowest BCUT2D eigenvalue weighted by Crippen LogP contribution is -0.856. The second-order valence-electron chi connectivity index (χ2n) is 0. The molecule has 0 aliphatic heterocycles. The average Bonchev–Trinajstić information content (AvgIpc) is 2.95. The predicted octanol–water partition coefficient (Wildman–Crippen LogP) is 14.8. The number of hydrogen-bond acceptors (Lipinski definition) is 0. The van der Waals surface area contributed by atoms with Crippen molar-refractivity contribution in [3.8, 4) is 0 Å². The van der Waals surface area contributed by atoms with Gasteiger partial charge in [-0.2, -0.15) is 0 Å². The van der Waals surface area contributed by atoms with Crippen LogP contribution in [0.1, 0.15) is 190 Å². The summed E-state index contributed by atoms with van der Waals surface area (Å²) in [6.45, 7) is 52.0. The topological polar surface area (TPSA) is 0 Å². The zero-order valence-electron chi connectivity index (χ0n) is 28.0. The molecule has 0 aliphatic carbocycles. The third-order valence-corrected chi connectivity index (χ3v) is 0. The normalized spacial score (nSPS) is 3.31. The summed E-state index contributed by atoms with van der Waals surface area (Å²) in [5.74, 6) is 0. The van der Waals surface area contributed by atoms with Crippen LogP contribution in [0.25, 0.3) is 0 Å². The van der Waals surface area contributed by atoms with E-state index in [9.17, 15) is 0 Å². The van der Waals surface area contributed by atoms with Gasteiger partial charge >= 0.3 is 0 Å². The van der Waals surface area contributed by atoms with Crippen molar-refractivity contribution in [2.75, 3.05) is 0 Å². The summed E-state index contributed by atoms with van der Waals surface area (Å²) in [6.07, 6.45) is 0. The highest BCUT2D eigenvalue weighted by molar-refractivity contribution is 3.53. The molecule has 0 aromatic heterocycles. The van der Waals surface area contributed by atoms with Crippen LogP contribution in [-0.4, -0.2) is 0 Å². The van der Waals surface area contributed by atoms with Crippen LogP contribution < -0.4 is 0 Å². The lowest BCUT2D eigenvalue weighted by molar-refractivity contribution is 1.50. The van der Waals surface area contributed by atoms with E-state index in [1.807, 2.05) is 180 Å². The summed E-state index contributed by atoms with van der Waals surface area (Å²) >= 11 is 0. The Kier molecular flexibility index (Phi) is 0. The van der Waals surface area contributed by atoms with E-state index in [1.165, 1.54) is 0 Å². The van der Waals surface area contributed by atoms with Gasteiger partial charge < -0.3 is 0 Å². The Balaban J connectivity index is -0.00000000372. The van der Waals surface area contributed by atoms with Crippen LogP contribution in [0.15, 0.2) is 0 Å². The molecule has 194 valence electrons. The third kappa shape index (κ3) is 0. The highest BCUT2D eigenvalue weighted by Gasteiger charge is 0.956. The zero-order valence-corrected chi connectivity index (χ0v) is 26.0. The van der Waals surface area contributed by atoms with Gasteiger partial charge in [-0.3, -0.25) is 0 Å².